The number of hydrogen-bond acceptors (Lipinski definition) is 3. The maximum Gasteiger partial charge on any atom is 0.251 e. The van der Waals surface area contributed by atoms with Crippen LogP contribution in [0.3, 0.4) is 0 Å². The molecule has 1 fully saturated rings. The highest BCUT2D eigenvalue weighted by Gasteiger charge is 2.33. The first-order valence-corrected chi connectivity index (χ1v) is 6.81. The van der Waals surface area contributed by atoms with Gasteiger partial charge in [-0.05, 0) is 37.8 Å². The maximum absolute atomic E-state index is 11.8. The minimum atomic E-state index is -0.0357. The van der Waals surface area contributed by atoms with E-state index in [-0.39, 0.29) is 11.9 Å². The van der Waals surface area contributed by atoms with Crippen LogP contribution in [0.5, 0.6) is 0 Å². The molecule has 4 nitrogen and oxygen atoms in total. The summed E-state index contributed by atoms with van der Waals surface area (Å²) in [5.74, 6) is 5.23. The van der Waals surface area contributed by atoms with Gasteiger partial charge in [0.15, 0.2) is 0 Å². The number of nitrogens with two attached hydrogens (primary N) is 1. The summed E-state index contributed by atoms with van der Waals surface area (Å²) >= 11 is 0. The van der Waals surface area contributed by atoms with E-state index in [1.807, 2.05) is 0 Å². The van der Waals surface area contributed by atoms with Gasteiger partial charge < -0.3 is 0 Å². The first-order chi connectivity index (χ1) is 8.06. The summed E-state index contributed by atoms with van der Waals surface area (Å²) in [7, 11) is 0. The van der Waals surface area contributed by atoms with Crippen molar-refractivity contribution in [2.24, 2.45) is 11.3 Å². The van der Waals surface area contributed by atoms with Crippen molar-refractivity contribution >= 4 is 5.91 Å². The van der Waals surface area contributed by atoms with Gasteiger partial charge in [-0.2, -0.15) is 0 Å². The van der Waals surface area contributed by atoms with Crippen LogP contribution in [-0.4, -0.2) is 29.9 Å². The SMILES string of the molecule is CCCC(C(=O)NN)N1CCC(C)(CC)CC1. The average molecular weight is 241 g/mol. The molecule has 1 unspecified atom stereocenters. The molecular weight excluding hydrogens is 214 g/mol. The third kappa shape index (κ3) is 3.68. The minimum Gasteiger partial charge on any atom is -0.293 e. The van der Waals surface area contributed by atoms with Crippen LogP contribution in [0.25, 0.3) is 0 Å². The van der Waals surface area contributed by atoms with Crippen LogP contribution < -0.4 is 11.3 Å². The van der Waals surface area contributed by atoms with Gasteiger partial charge in [0.25, 0.3) is 5.91 Å². The number of nitrogens with zero attached hydrogens (tertiary/aromatic N) is 1. The van der Waals surface area contributed by atoms with Gasteiger partial charge in [-0.3, -0.25) is 15.1 Å². The van der Waals surface area contributed by atoms with E-state index in [0.29, 0.717) is 5.41 Å². The van der Waals surface area contributed by atoms with Crippen molar-refractivity contribution < 1.29 is 4.79 Å². The molecule has 0 bridgehead atoms. The molecule has 0 aliphatic carbocycles. The van der Waals surface area contributed by atoms with Crippen LogP contribution in [0, 0.1) is 5.41 Å². The van der Waals surface area contributed by atoms with E-state index in [4.69, 9.17) is 5.84 Å². The van der Waals surface area contributed by atoms with Gasteiger partial charge in [-0.1, -0.05) is 33.6 Å². The Labute approximate surface area is 105 Å². The number of amides is 1. The Kier molecular flexibility index (Phi) is 5.40. The average Bonchev–Trinajstić information content (AvgIpc) is 2.36. The zero-order valence-electron chi connectivity index (χ0n) is 11.5. The van der Waals surface area contributed by atoms with Crippen molar-refractivity contribution in [1.29, 1.82) is 0 Å². The standard InChI is InChI=1S/C13H27N3O/c1-4-6-11(12(17)15-14)16-9-7-13(3,5-2)8-10-16/h11H,4-10,14H2,1-3H3,(H,15,17). The van der Waals surface area contributed by atoms with Gasteiger partial charge in [-0.15, -0.1) is 0 Å². The molecule has 1 heterocycles. The van der Waals surface area contributed by atoms with Gasteiger partial charge in [0.1, 0.15) is 0 Å². The van der Waals surface area contributed by atoms with Crippen LogP contribution in [0.1, 0.15) is 52.9 Å². The van der Waals surface area contributed by atoms with Gasteiger partial charge in [-0.25, -0.2) is 5.84 Å². The number of carbonyl (C=O) groups is 1. The molecule has 0 radical (unpaired) electrons. The lowest BCUT2D eigenvalue weighted by Crippen LogP contribution is -2.52. The lowest BCUT2D eigenvalue weighted by atomic mass is 9.78. The molecule has 1 amide bonds. The van der Waals surface area contributed by atoms with E-state index >= 15 is 0 Å². The quantitative estimate of drug-likeness (QED) is 0.437. The third-order valence-electron chi connectivity index (χ3n) is 4.31. The molecule has 0 aromatic carbocycles. The second-order valence-corrected chi connectivity index (χ2v) is 5.51. The monoisotopic (exact) mass is 241 g/mol. The van der Waals surface area contributed by atoms with Gasteiger partial charge in [0, 0.05) is 0 Å². The lowest BCUT2D eigenvalue weighted by molar-refractivity contribution is -0.127. The molecule has 0 aromatic rings. The first-order valence-electron chi connectivity index (χ1n) is 6.81. The smallest absolute Gasteiger partial charge is 0.251 e. The van der Waals surface area contributed by atoms with Crippen molar-refractivity contribution in [3.8, 4) is 0 Å². The summed E-state index contributed by atoms with van der Waals surface area (Å²) in [6.07, 6.45) is 5.50. The Balaban J connectivity index is 2.57. The number of likely N-dealkylation sites (tertiary alicyclic amines) is 1. The second kappa shape index (κ2) is 6.36. The van der Waals surface area contributed by atoms with Crippen LogP contribution in [0.4, 0.5) is 0 Å². The van der Waals surface area contributed by atoms with Crippen LogP contribution in [-0.2, 0) is 4.79 Å². The Morgan fingerprint density at radius 3 is 2.41 bits per heavy atom. The Bertz CT molecular complexity index is 247. The van der Waals surface area contributed by atoms with E-state index in [0.717, 1.165) is 25.9 Å². The molecule has 100 valence electrons. The van der Waals surface area contributed by atoms with Crippen LogP contribution in [0.15, 0.2) is 0 Å². The lowest BCUT2D eigenvalue weighted by Gasteiger charge is -2.41. The van der Waals surface area contributed by atoms with E-state index in [9.17, 15) is 4.79 Å². The molecule has 3 N–H and O–H groups in total. The van der Waals surface area contributed by atoms with Crippen molar-refractivity contribution in [1.82, 2.24) is 10.3 Å². The Morgan fingerprint density at radius 1 is 1.41 bits per heavy atom. The Morgan fingerprint density at radius 2 is 2.00 bits per heavy atom. The fourth-order valence-electron chi connectivity index (χ4n) is 2.58. The van der Waals surface area contributed by atoms with Crippen molar-refractivity contribution in [2.75, 3.05) is 13.1 Å². The normalized spacial score (nSPS) is 22.1. The highest BCUT2D eigenvalue weighted by atomic mass is 16.2. The predicted octanol–water partition coefficient (Wildman–Crippen LogP) is 1.66. The fourth-order valence-corrected chi connectivity index (χ4v) is 2.58. The van der Waals surface area contributed by atoms with E-state index < -0.39 is 0 Å². The molecule has 1 rings (SSSR count). The maximum atomic E-state index is 11.8. The summed E-state index contributed by atoms with van der Waals surface area (Å²) in [5, 5.41) is 0. The molecule has 1 saturated heterocycles. The number of piperidine rings is 1. The van der Waals surface area contributed by atoms with E-state index in [1.165, 1.54) is 19.3 Å². The fraction of sp³-hybridized carbons (Fsp3) is 0.923. The van der Waals surface area contributed by atoms with E-state index in [1.54, 1.807) is 0 Å². The predicted molar refractivity (Wildman–Crippen MR) is 70.2 cm³/mol. The van der Waals surface area contributed by atoms with Crippen molar-refractivity contribution in [3.05, 3.63) is 0 Å². The summed E-state index contributed by atoms with van der Waals surface area (Å²) in [6, 6.07) is -0.0357. The summed E-state index contributed by atoms with van der Waals surface area (Å²) in [6.45, 7) is 8.75. The molecule has 0 spiro atoms. The summed E-state index contributed by atoms with van der Waals surface area (Å²) in [5.41, 5.74) is 2.77. The number of hydrogen-bond donors (Lipinski definition) is 2. The molecule has 1 aliphatic heterocycles. The van der Waals surface area contributed by atoms with E-state index in [2.05, 4.69) is 31.1 Å². The van der Waals surface area contributed by atoms with Crippen LogP contribution >= 0.6 is 0 Å². The zero-order valence-corrected chi connectivity index (χ0v) is 11.5. The third-order valence-corrected chi connectivity index (χ3v) is 4.31. The molecule has 0 saturated carbocycles. The van der Waals surface area contributed by atoms with Gasteiger partial charge in [0.2, 0.25) is 0 Å². The number of nitrogens with one attached hydrogen (secondary N) is 1. The largest absolute Gasteiger partial charge is 0.293 e. The number of rotatable bonds is 5. The summed E-state index contributed by atoms with van der Waals surface area (Å²) in [4.78, 5) is 14.0. The molecule has 0 aromatic heterocycles. The topological polar surface area (TPSA) is 58.4 Å². The zero-order chi connectivity index (χ0) is 12.9. The van der Waals surface area contributed by atoms with Crippen molar-refractivity contribution in [2.45, 2.75) is 58.9 Å². The number of carbonyl (C=O) groups excluding carboxylic acids is 1. The molecule has 1 atom stereocenters. The van der Waals surface area contributed by atoms with Gasteiger partial charge >= 0.3 is 0 Å². The Hall–Kier alpha value is -0.610. The molecular formula is C13H27N3O. The van der Waals surface area contributed by atoms with Crippen molar-refractivity contribution in [3.63, 3.8) is 0 Å². The first kappa shape index (κ1) is 14.5. The molecule has 1 aliphatic rings. The molecule has 4 heteroatoms. The van der Waals surface area contributed by atoms with Crippen LogP contribution in [0.2, 0.25) is 0 Å². The minimum absolute atomic E-state index is 0.0352. The highest BCUT2D eigenvalue weighted by molar-refractivity contribution is 5.81. The number of hydrazine groups is 1. The molecule has 17 heavy (non-hydrogen) atoms. The highest BCUT2D eigenvalue weighted by Crippen LogP contribution is 2.34. The summed E-state index contributed by atoms with van der Waals surface area (Å²) < 4.78 is 0. The van der Waals surface area contributed by atoms with Gasteiger partial charge in [0.05, 0.1) is 6.04 Å². The second-order valence-electron chi connectivity index (χ2n) is 5.51.